The standard InChI is InChI=1S/C23H43IO8Si/c1-22(32-33(5,6)7)10-8-18-19(30-21(22)12-17(25)9-11-24)13-20(29-16-27-4)23(2,31-18)14-28-15-26-3/h9,11,17-21,25H,8,10,12-16H2,1-7H3/b11-9-/t17-,18-,19+,20-,21-,22+,23+/m0/s1. The molecule has 0 aromatic rings. The van der Waals surface area contributed by atoms with Gasteiger partial charge in [0.25, 0.3) is 0 Å². The van der Waals surface area contributed by atoms with E-state index in [1.165, 1.54) is 0 Å². The van der Waals surface area contributed by atoms with Gasteiger partial charge in [-0.1, -0.05) is 28.7 Å². The molecular weight excluding hydrogens is 559 g/mol. The number of rotatable bonds is 12. The van der Waals surface area contributed by atoms with Crippen molar-refractivity contribution in [2.45, 2.75) is 101 Å². The Kier molecular flexibility index (Phi) is 11.7. The summed E-state index contributed by atoms with van der Waals surface area (Å²) in [5.41, 5.74) is -1.18. The lowest BCUT2D eigenvalue weighted by Gasteiger charge is -2.47. The fraction of sp³-hybridized carbons (Fsp3) is 0.913. The molecule has 2 fully saturated rings. The van der Waals surface area contributed by atoms with Crippen LogP contribution in [0.3, 0.4) is 0 Å². The van der Waals surface area contributed by atoms with E-state index in [4.69, 9.17) is 32.8 Å². The van der Waals surface area contributed by atoms with Gasteiger partial charge in [0.15, 0.2) is 8.32 Å². The summed E-state index contributed by atoms with van der Waals surface area (Å²) in [7, 11) is 1.32. The average molecular weight is 603 g/mol. The first-order chi connectivity index (χ1) is 15.5. The second-order valence-corrected chi connectivity index (χ2v) is 15.5. The number of halogens is 1. The summed E-state index contributed by atoms with van der Waals surface area (Å²) >= 11 is 2.12. The highest BCUT2D eigenvalue weighted by Gasteiger charge is 2.52. The molecule has 0 amide bonds. The molecule has 33 heavy (non-hydrogen) atoms. The van der Waals surface area contributed by atoms with E-state index < -0.39 is 25.6 Å². The maximum Gasteiger partial charge on any atom is 0.184 e. The average Bonchev–Trinajstić information content (AvgIpc) is 2.82. The number of aliphatic hydroxyl groups excluding tert-OH is 1. The molecule has 8 nitrogen and oxygen atoms in total. The normalized spacial score (nSPS) is 36.5. The Hall–Kier alpha value is 0.367. The lowest BCUT2D eigenvalue weighted by atomic mass is 9.86. The number of methoxy groups -OCH3 is 2. The van der Waals surface area contributed by atoms with E-state index in [9.17, 15) is 5.11 Å². The Labute approximate surface area is 213 Å². The summed E-state index contributed by atoms with van der Waals surface area (Å²) in [6, 6.07) is 0. The van der Waals surface area contributed by atoms with Crippen molar-refractivity contribution < 1.29 is 38.0 Å². The first-order valence-corrected chi connectivity index (χ1v) is 16.3. The summed E-state index contributed by atoms with van der Waals surface area (Å²) in [5.74, 6) is 0. The van der Waals surface area contributed by atoms with Crippen LogP contribution in [0.2, 0.25) is 19.6 Å². The van der Waals surface area contributed by atoms with E-state index in [1.807, 2.05) is 11.0 Å². The van der Waals surface area contributed by atoms with Crippen LogP contribution in [-0.4, -0.2) is 89.6 Å². The van der Waals surface area contributed by atoms with Crippen LogP contribution in [0.1, 0.15) is 39.5 Å². The van der Waals surface area contributed by atoms with Gasteiger partial charge in [-0.3, -0.25) is 0 Å². The monoisotopic (exact) mass is 602 g/mol. The predicted octanol–water partition coefficient (Wildman–Crippen LogP) is 4.00. The summed E-state index contributed by atoms with van der Waals surface area (Å²) in [6.45, 7) is 11.4. The molecule has 2 saturated heterocycles. The first kappa shape index (κ1) is 29.6. The minimum Gasteiger partial charge on any atom is -0.410 e. The van der Waals surface area contributed by atoms with Gasteiger partial charge < -0.3 is 38.0 Å². The fourth-order valence-corrected chi connectivity index (χ4v) is 6.91. The molecule has 0 aromatic carbocycles. The van der Waals surface area contributed by atoms with Crippen LogP contribution in [0, 0.1) is 0 Å². The highest BCUT2D eigenvalue weighted by Crippen LogP contribution is 2.42. The molecule has 2 rings (SSSR count). The topological polar surface area (TPSA) is 84.8 Å². The zero-order chi connectivity index (χ0) is 24.7. The van der Waals surface area contributed by atoms with Crippen molar-refractivity contribution in [3.63, 3.8) is 0 Å². The quantitative estimate of drug-likeness (QED) is 0.155. The predicted molar refractivity (Wildman–Crippen MR) is 137 cm³/mol. The number of fused-ring (bicyclic) bond motifs is 1. The second kappa shape index (κ2) is 13.1. The highest BCUT2D eigenvalue weighted by atomic mass is 127. The van der Waals surface area contributed by atoms with Gasteiger partial charge >= 0.3 is 0 Å². The number of aliphatic hydroxyl groups is 1. The van der Waals surface area contributed by atoms with Crippen molar-refractivity contribution >= 4 is 30.9 Å². The zero-order valence-corrected chi connectivity index (χ0v) is 24.3. The van der Waals surface area contributed by atoms with E-state index in [1.54, 1.807) is 20.3 Å². The molecule has 1 N–H and O–H groups in total. The Morgan fingerprint density at radius 2 is 1.85 bits per heavy atom. The summed E-state index contributed by atoms with van der Waals surface area (Å²) < 4.78 is 43.8. The van der Waals surface area contributed by atoms with Crippen LogP contribution in [0.25, 0.3) is 0 Å². The number of ether oxygens (including phenoxy) is 6. The minimum absolute atomic E-state index is 0.129. The van der Waals surface area contributed by atoms with Crippen molar-refractivity contribution in [3.8, 4) is 0 Å². The zero-order valence-electron chi connectivity index (χ0n) is 21.2. The lowest BCUT2D eigenvalue weighted by Crippen LogP contribution is -2.59. The summed E-state index contributed by atoms with van der Waals surface area (Å²) in [6.07, 6.45) is 2.98. The van der Waals surface area contributed by atoms with Crippen molar-refractivity contribution in [3.05, 3.63) is 10.2 Å². The molecule has 194 valence electrons. The minimum atomic E-state index is -1.88. The van der Waals surface area contributed by atoms with Gasteiger partial charge in [-0.25, -0.2) is 0 Å². The smallest absolute Gasteiger partial charge is 0.184 e. The van der Waals surface area contributed by atoms with Crippen LogP contribution >= 0.6 is 22.6 Å². The van der Waals surface area contributed by atoms with Crippen LogP contribution in [0.5, 0.6) is 0 Å². The van der Waals surface area contributed by atoms with Crippen LogP contribution in [0.15, 0.2) is 10.2 Å². The molecule has 7 atom stereocenters. The molecule has 2 heterocycles. The van der Waals surface area contributed by atoms with Crippen LogP contribution in [0.4, 0.5) is 0 Å². The maximum atomic E-state index is 10.6. The fourth-order valence-electron chi connectivity index (χ4n) is 4.79. The van der Waals surface area contributed by atoms with E-state index in [0.717, 1.165) is 12.8 Å². The molecule has 0 spiro atoms. The molecule has 10 heteroatoms. The van der Waals surface area contributed by atoms with E-state index >= 15 is 0 Å². The molecule has 0 aromatic heterocycles. The van der Waals surface area contributed by atoms with Crippen molar-refractivity contribution in [2.24, 2.45) is 0 Å². The largest absolute Gasteiger partial charge is 0.410 e. The van der Waals surface area contributed by atoms with Crippen molar-refractivity contribution in [1.29, 1.82) is 0 Å². The van der Waals surface area contributed by atoms with Gasteiger partial charge in [-0.15, -0.1) is 0 Å². The molecule has 0 radical (unpaired) electrons. The molecule has 0 unspecified atom stereocenters. The van der Waals surface area contributed by atoms with Crippen molar-refractivity contribution in [2.75, 3.05) is 34.4 Å². The van der Waals surface area contributed by atoms with Gasteiger partial charge in [-0.05, 0) is 50.4 Å². The maximum absolute atomic E-state index is 10.6. The van der Waals surface area contributed by atoms with Crippen molar-refractivity contribution in [1.82, 2.24) is 0 Å². The SMILES string of the molecule is COCOC[C@@]1(C)O[C@H]2CC[C@@](C)(O[Si](C)(C)C)[C@H](C[C@@H](O)/C=C\I)O[C@@H]2C[C@@H]1OCOC. The van der Waals surface area contributed by atoms with Gasteiger partial charge in [-0.2, -0.15) is 0 Å². The number of hydrogen-bond donors (Lipinski definition) is 1. The molecule has 2 aliphatic rings. The Balaban J connectivity index is 2.29. The first-order valence-electron chi connectivity index (χ1n) is 11.6. The second-order valence-electron chi connectivity index (χ2n) is 10.4. The third-order valence-corrected chi connectivity index (χ3v) is 7.67. The third kappa shape index (κ3) is 8.76. The number of hydrogen-bond acceptors (Lipinski definition) is 8. The summed E-state index contributed by atoms with van der Waals surface area (Å²) in [5, 5.41) is 10.6. The van der Waals surface area contributed by atoms with Crippen LogP contribution < -0.4 is 0 Å². The Morgan fingerprint density at radius 3 is 2.45 bits per heavy atom. The highest BCUT2D eigenvalue weighted by molar-refractivity contribution is 14.1. The molecule has 0 bridgehead atoms. The Bertz CT molecular complexity index is 618. The Morgan fingerprint density at radius 1 is 1.15 bits per heavy atom. The van der Waals surface area contributed by atoms with Gasteiger partial charge in [0.1, 0.15) is 19.2 Å². The van der Waals surface area contributed by atoms with E-state index in [2.05, 4.69) is 49.2 Å². The molecule has 0 aliphatic carbocycles. The van der Waals surface area contributed by atoms with Crippen LogP contribution in [-0.2, 0) is 32.8 Å². The summed E-state index contributed by atoms with van der Waals surface area (Å²) in [4.78, 5) is 0. The van der Waals surface area contributed by atoms with E-state index in [0.29, 0.717) is 19.4 Å². The van der Waals surface area contributed by atoms with Gasteiger partial charge in [0, 0.05) is 27.1 Å². The molecular formula is C23H43IO8Si. The van der Waals surface area contributed by atoms with Gasteiger partial charge in [0.05, 0.1) is 42.7 Å². The van der Waals surface area contributed by atoms with Gasteiger partial charge in [0.2, 0.25) is 0 Å². The molecule has 2 aliphatic heterocycles. The van der Waals surface area contributed by atoms with E-state index in [-0.39, 0.29) is 38.0 Å². The lowest BCUT2D eigenvalue weighted by molar-refractivity contribution is -0.276. The molecule has 0 saturated carbocycles. The third-order valence-electron chi connectivity index (χ3n) is 6.17.